The minimum Gasteiger partial charge on any atom is -0.266 e. The SMILES string of the molecule is C=N/C(=N\C(=N/Cc1ccccc1)c1cccc(-c2ccc(-c3ncccn3)cc2)c1)c1cccc(-c2ccc(C3=NCCC=N3)cc2)c1. The molecule has 5 aromatic carbocycles. The minimum atomic E-state index is 0.474. The molecule has 0 fully saturated rings. The predicted octanol–water partition coefficient (Wildman–Crippen LogP) is 8.79. The molecule has 49 heavy (non-hydrogen) atoms. The van der Waals surface area contributed by atoms with Crippen LogP contribution in [0.5, 0.6) is 0 Å². The van der Waals surface area contributed by atoms with Crippen LogP contribution in [0.3, 0.4) is 0 Å². The van der Waals surface area contributed by atoms with Crippen molar-refractivity contribution in [1.82, 2.24) is 9.97 Å². The lowest BCUT2D eigenvalue weighted by atomic mass is 10.0. The maximum Gasteiger partial charge on any atom is 0.161 e. The van der Waals surface area contributed by atoms with Gasteiger partial charge in [0.1, 0.15) is 0 Å². The number of nitrogens with zero attached hydrogens (tertiary/aromatic N) is 7. The van der Waals surface area contributed by atoms with Gasteiger partial charge < -0.3 is 0 Å². The molecule has 1 aromatic heterocycles. The first kappa shape index (κ1) is 31.1. The minimum absolute atomic E-state index is 0.474. The third kappa shape index (κ3) is 7.58. The van der Waals surface area contributed by atoms with Crippen LogP contribution in [-0.4, -0.2) is 47.0 Å². The predicted molar refractivity (Wildman–Crippen MR) is 202 cm³/mol. The largest absolute Gasteiger partial charge is 0.266 e. The highest BCUT2D eigenvalue weighted by molar-refractivity contribution is 6.13. The molecule has 236 valence electrons. The smallest absolute Gasteiger partial charge is 0.161 e. The van der Waals surface area contributed by atoms with E-state index >= 15 is 0 Å². The van der Waals surface area contributed by atoms with E-state index in [-0.39, 0.29) is 0 Å². The first-order chi connectivity index (χ1) is 24.2. The number of benzene rings is 5. The average Bonchev–Trinajstić information content (AvgIpc) is 3.19. The lowest BCUT2D eigenvalue weighted by molar-refractivity contribution is 1.03. The van der Waals surface area contributed by atoms with Crippen LogP contribution in [0, 0.1) is 0 Å². The molecular weight excluding hydrogens is 603 g/mol. The summed E-state index contributed by atoms with van der Waals surface area (Å²) in [6, 6.07) is 45.0. The normalized spacial score (nSPS) is 13.2. The molecule has 0 spiro atoms. The Balaban J connectivity index is 1.21. The Labute approximate surface area is 286 Å². The zero-order valence-electron chi connectivity index (χ0n) is 26.9. The van der Waals surface area contributed by atoms with Gasteiger partial charge in [0.05, 0.1) is 6.54 Å². The van der Waals surface area contributed by atoms with Crippen LogP contribution >= 0.6 is 0 Å². The summed E-state index contributed by atoms with van der Waals surface area (Å²) in [4.78, 5) is 32.2. The summed E-state index contributed by atoms with van der Waals surface area (Å²) in [7, 11) is 0. The van der Waals surface area contributed by atoms with Crippen LogP contribution in [0.2, 0.25) is 0 Å². The van der Waals surface area contributed by atoms with Crippen LogP contribution in [0.1, 0.15) is 28.7 Å². The fraction of sp³-hybridized carbons (Fsp3) is 0.0714. The Morgan fingerprint density at radius 1 is 0.592 bits per heavy atom. The monoisotopic (exact) mass is 635 g/mol. The molecule has 6 aromatic rings. The summed E-state index contributed by atoms with van der Waals surface area (Å²) in [6.45, 7) is 5.14. The summed E-state index contributed by atoms with van der Waals surface area (Å²) in [5, 5.41) is 0. The van der Waals surface area contributed by atoms with Gasteiger partial charge in [-0.05, 0) is 52.7 Å². The highest BCUT2D eigenvalue weighted by Crippen LogP contribution is 2.26. The Bertz CT molecular complexity index is 2180. The van der Waals surface area contributed by atoms with Gasteiger partial charge in [-0.25, -0.2) is 24.9 Å². The summed E-state index contributed by atoms with van der Waals surface area (Å²) in [5.74, 6) is 2.55. The zero-order chi connectivity index (χ0) is 33.3. The van der Waals surface area contributed by atoms with Gasteiger partial charge in [0.2, 0.25) is 0 Å². The van der Waals surface area contributed by atoms with Gasteiger partial charge in [-0.1, -0.05) is 115 Å². The van der Waals surface area contributed by atoms with Gasteiger partial charge in [0, 0.05) is 53.8 Å². The molecule has 0 aliphatic carbocycles. The fourth-order valence-electron chi connectivity index (χ4n) is 5.57. The average molecular weight is 636 g/mol. The molecule has 0 atom stereocenters. The summed E-state index contributed by atoms with van der Waals surface area (Å²) in [5.41, 5.74) is 9.02. The number of hydrogen-bond acceptors (Lipinski definition) is 5. The maximum absolute atomic E-state index is 5.04. The molecule has 0 unspecified atom stereocenters. The Morgan fingerprint density at radius 3 is 1.82 bits per heavy atom. The summed E-state index contributed by atoms with van der Waals surface area (Å²) < 4.78 is 0. The second-order valence-corrected chi connectivity index (χ2v) is 11.4. The van der Waals surface area contributed by atoms with Gasteiger partial charge in [0.25, 0.3) is 0 Å². The highest BCUT2D eigenvalue weighted by atomic mass is 15.0. The molecule has 7 rings (SSSR count). The highest BCUT2D eigenvalue weighted by Gasteiger charge is 2.11. The third-order valence-corrected chi connectivity index (χ3v) is 8.11. The zero-order valence-corrected chi connectivity index (χ0v) is 26.9. The van der Waals surface area contributed by atoms with Crippen molar-refractivity contribution in [3.8, 4) is 33.6 Å². The molecular formula is C42H33N7. The molecule has 0 saturated carbocycles. The molecule has 0 bridgehead atoms. The Morgan fingerprint density at radius 2 is 1.20 bits per heavy atom. The van der Waals surface area contributed by atoms with E-state index in [2.05, 4.69) is 104 Å². The number of amidine groups is 3. The van der Waals surface area contributed by atoms with Crippen LogP contribution in [0.15, 0.2) is 171 Å². The second kappa shape index (κ2) is 15.0. The fourth-order valence-corrected chi connectivity index (χ4v) is 5.57. The maximum atomic E-state index is 5.04. The van der Waals surface area contributed by atoms with Crippen LogP contribution in [0.25, 0.3) is 33.6 Å². The van der Waals surface area contributed by atoms with Crippen molar-refractivity contribution in [2.24, 2.45) is 25.0 Å². The number of aromatic nitrogens is 2. The molecule has 0 amide bonds. The topological polar surface area (TPSA) is 87.6 Å². The van der Waals surface area contributed by atoms with E-state index in [4.69, 9.17) is 9.98 Å². The van der Waals surface area contributed by atoms with Crippen LogP contribution in [-0.2, 0) is 6.54 Å². The van der Waals surface area contributed by atoms with Crippen molar-refractivity contribution < 1.29 is 0 Å². The van der Waals surface area contributed by atoms with E-state index in [1.54, 1.807) is 12.4 Å². The Kier molecular flexibility index (Phi) is 9.51. The van der Waals surface area contributed by atoms with Crippen molar-refractivity contribution in [1.29, 1.82) is 0 Å². The molecule has 1 aliphatic heterocycles. The molecule has 2 heterocycles. The molecule has 7 nitrogen and oxygen atoms in total. The molecule has 0 N–H and O–H groups in total. The molecule has 7 heteroatoms. The number of hydrogen-bond donors (Lipinski definition) is 0. The summed E-state index contributed by atoms with van der Waals surface area (Å²) >= 11 is 0. The van der Waals surface area contributed by atoms with Gasteiger partial charge in [0.15, 0.2) is 23.3 Å². The standard InChI is InChI=1S/C42H33N7/c1-43-39(37-13-5-11-35(27-37)31-15-19-33(20-16-31)40-44-23-7-24-45-40)49-42(48-29-30-9-3-2-4-10-30)38-14-6-12-36(28-38)32-17-21-34(22-18-32)41-46-25-8-26-47-41/h2-6,8-23,25-28H,1,7,24,29H2/b48-42-,49-39-. The first-order valence-electron chi connectivity index (χ1n) is 16.1. The van der Waals surface area contributed by atoms with E-state index in [1.807, 2.05) is 66.9 Å². The lowest BCUT2D eigenvalue weighted by Crippen LogP contribution is -2.06. The van der Waals surface area contributed by atoms with Crippen molar-refractivity contribution >= 4 is 30.4 Å². The Hall–Kier alpha value is -6.47. The molecule has 0 saturated heterocycles. The van der Waals surface area contributed by atoms with Crippen molar-refractivity contribution in [3.63, 3.8) is 0 Å². The van der Waals surface area contributed by atoms with Gasteiger partial charge in [-0.3, -0.25) is 9.98 Å². The van der Waals surface area contributed by atoms with Crippen molar-refractivity contribution in [2.45, 2.75) is 13.0 Å². The van der Waals surface area contributed by atoms with Crippen LogP contribution < -0.4 is 0 Å². The van der Waals surface area contributed by atoms with E-state index in [9.17, 15) is 0 Å². The van der Waals surface area contributed by atoms with Crippen molar-refractivity contribution in [3.05, 3.63) is 168 Å². The quantitative estimate of drug-likeness (QED) is 0.124. The van der Waals surface area contributed by atoms with E-state index < -0.39 is 0 Å². The van der Waals surface area contributed by atoms with Gasteiger partial charge >= 0.3 is 0 Å². The molecule has 1 aliphatic rings. The summed E-state index contributed by atoms with van der Waals surface area (Å²) in [6.07, 6.45) is 6.31. The van der Waals surface area contributed by atoms with Crippen LogP contribution in [0.4, 0.5) is 0 Å². The third-order valence-electron chi connectivity index (χ3n) is 8.11. The number of rotatable bonds is 8. The van der Waals surface area contributed by atoms with Gasteiger partial charge in [-0.2, -0.15) is 0 Å². The van der Waals surface area contributed by atoms with Gasteiger partial charge in [-0.15, -0.1) is 0 Å². The number of aliphatic imine (C=N–C) groups is 5. The second-order valence-electron chi connectivity index (χ2n) is 11.4. The first-order valence-corrected chi connectivity index (χ1v) is 16.1. The van der Waals surface area contributed by atoms with Crippen molar-refractivity contribution in [2.75, 3.05) is 6.54 Å². The van der Waals surface area contributed by atoms with E-state index in [0.717, 1.165) is 68.9 Å². The lowest BCUT2D eigenvalue weighted by Gasteiger charge is -2.10. The van der Waals surface area contributed by atoms with E-state index in [0.29, 0.717) is 24.0 Å². The van der Waals surface area contributed by atoms with E-state index in [1.165, 1.54) is 0 Å². The molecule has 0 radical (unpaired) electrons.